The number of rotatable bonds is 19. The highest BCUT2D eigenvalue weighted by Crippen LogP contribution is 2.13. The minimum atomic E-state index is 0.829. The molecule has 8 heteroatoms. The Morgan fingerprint density at radius 1 is 0.694 bits per heavy atom. The summed E-state index contributed by atoms with van der Waals surface area (Å²) in [7, 11) is 0. The van der Waals surface area contributed by atoms with Gasteiger partial charge in [-0.15, -0.1) is 0 Å². The molecule has 0 unspecified atom stereocenters. The molecule has 0 saturated carbocycles. The molecule has 0 bridgehead atoms. The van der Waals surface area contributed by atoms with Crippen LogP contribution in [0.3, 0.4) is 0 Å². The lowest BCUT2D eigenvalue weighted by Crippen LogP contribution is -2.47. The molecule has 1 fully saturated rings. The van der Waals surface area contributed by atoms with Crippen LogP contribution in [0.2, 0.25) is 0 Å². The predicted octanol–water partition coefficient (Wildman–Crippen LogP) is 4.41. The highest BCUT2D eigenvalue weighted by atomic mass is 15.3. The van der Waals surface area contributed by atoms with Crippen LogP contribution in [0.4, 0.5) is 11.9 Å². The Balaban J connectivity index is 1.04. The second-order valence-corrected chi connectivity index (χ2v) is 9.79. The van der Waals surface area contributed by atoms with E-state index in [2.05, 4.69) is 46.9 Å². The molecule has 1 aliphatic heterocycles. The molecule has 0 aliphatic carbocycles. The van der Waals surface area contributed by atoms with Gasteiger partial charge in [0.25, 0.3) is 0 Å². The van der Waals surface area contributed by atoms with Crippen molar-refractivity contribution in [3.8, 4) is 0 Å². The van der Waals surface area contributed by atoms with Crippen LogP contribution in [0.15, 0.2) is 36.9 Å². The first-order chi connectivity index (χ1) is 17.9. The Morgan fingerprint density at radius 2 is 1.25 bits per heavy atom. The summed E-state index contributed by atoms with van der Waals surface area (Å²) in [6.07, 6.45) is 21.0. The average Bonchev–Trinajstić information content (AvgIpc) is 2.94. The van der Waals surface area contributed by atoms with E-state index in [-0.39, 0.29) is 0 Å². The van der Waals surface area contributed by atoms with E-state index < -0.39 is 0 Å². The maximum Gasteiger partial charge on any atom is 0.225 e. The van der Waals surface area contributed by atoms with Gasteiger partial charge < -0.3 is 15.1 Å². The summed E-state index contributed by atoms with van der Waals surface area (Å²) >= 11 is 0. The van der Waals surface area contributed by atoms with Gasteiger partial charge in [-0.25, -0.2) is 19.9 Å². The van der Waals surface area contributed by atoms with Gasteiger partial charge in [0.1, 0.15) is 0 Å². The smallest absolute Gasteiger partial charge is 0.225 e. The summed E-state index contributed by atoms with van der Waals surface area (Å²) in [4.78, 5) is 24.6. The Hall–Kier alpha value is -2.32. The van der Waals surface area contributed by atoms with E-state index in [9.17, 15) is 0 Å². The zero-order chi connectivity index (χ0) is 25.1. The maximum atomic E-state index is 4.37. The number of piperazine rings is 1. The van der Waals surface area contributed by atoms with E-state index in [1.54, 1.807) is 0 Å². The van der Waals surface area contributed by atoms with Crippen molar-refractivity contribution in [1.29, 1.82) is 0 Å². The number of unbranched alkanes of at least 4 members (excludes halogenated alkanes) is 9. The van der Waals surface area contributed by atoms with Gasteiger partial charge in [0.05, 0.1) is 0 Å². The summed E-state index contributed by atoms with van der Waals surface area (Å²) < 4.78 is 0. The van der Waals surface area contributed by atoms with Crippen LogP contribution in [-0.4, -0.2) is 83.7 Å². The van der Waals surface area contributed by atoms with E-state index >= 15 is 0 Å². The van der Waals surface area contributed by atoms with Gasteiger partial charge in [-0.05, 0) is 45.0 Å². The molecule has 2 aromatic rings. The van der Waals surface area contributed by atoms with Gasteiger partial charge in [0.15, 0.2) is 0 Å². The number of nitrogens with zero attached hydrogens (tertiary/aromatic N) is 7. The summed E-state index contributed by atoms with van der Waals surface area (Å²) in [5.41, 5.74) is 0. The highest BCUT2D eigenvalue weighted by Gasteiger charge is 2.18. The number of aromatic nitrogens is 4. The predicted molar refractivity (Wildman–Crippen MR) is 150 cm³/mol. The maximum absolute atomic E-state index is 4.37. The molecule has 1 N–H and O–H groups in total. The van der Waals surface area contributed by atoms with Crippen LogP contribution >= 0.6 is 0 Å². The molecule has 0 spiro atoms. The van der Waals surface area contributed by atoms with Gasteiger partial charge in [-0.1, -0.05) is 51.4 Å². The molecule has 3 rings (SSSR count). The van der Waals surface area contributed by atoms with Crippen LogP contribution in [-0.2, 0) is 0 Å². The van der Waals surface area contributed by atoms with E-state index in [0.29, 0.717) is 0 Å². The standard InChI is InChI=1S/C28H48N8/c1-2-35(27-30-16-13-17-31-27)22-20-29-15-11-9-7-5-3-4-6-8-10-12-21-34-23-25-36(26-24-34)28-32-18-14-19-33-28/h13-14,16-19,29H,2-12,15,20-26H2,1H3. The average molecular weight is 497 g/mol. The van der Waals surface area contributed by atoms with Crippen molar-refractivity contribution in [3.63, 3.8) is 0 Å². The van der Waals surface area contributed by atoms with Gasteiger partial charge in [0, 0.05) is 70.6 Å². The third-order valence-corrected chi connectivity index (χ3v) is 7.06. The van der Waals surface area contributed by atoms with Gasteiger partial charge >= 0.3 is 0 Å². The molecule has 3 heterocycles. The van der Waals surface area contributed by atoms with E-state index in [1.165, 1.54) is 70.8 Å². The van der Waals surface area contributed by atoms with Gasteiger partial charge in [0.2, 0.25) is 11.9 Å². The molecule has 2 aromatic heterocycles. The van der Waals surface area contributed by atoms with Crippen LogP contribution in [0.5, 0.6) is 0 Å². The third kappa shape index (κ3) is 11.2. The molecule has 200 valence electrons. The quantitative estimate of drug-likeness (QED) is 0.287. The molecular weight excluding hydrogens is 448 g/mol. The Labute approximate surface area is 218 Å². The Morgan fingerprint density at radius 3 is 1.86 bits per heavy atom. The van der Waals surface area contributed by atoms with Crippen molar-refractivity contribution in [3.05, 3.63) is 36.9 Å². The van der Waals surface area contributed by atoms with Crippen LogP contribution < -0.4 is 15.1 Å². The Kier molecular flexibility index (Phi) is 14.1. The second kappa shape index (κ2) is 18.0. The van der Waals surface area contributed by atoms with Crippen molar-refractivity contribution in [2.45, 2.75) is 71.1 Å². The van der Waals surface area contributed by atoms with Crippen LogP contribution in [0.1, 0.15) is 71.1 Å². The zero-order valence-corrected chi connectivity index (χ0v) is 22.5. The van der Waals surface area contributed by atoms with Crippen molar-refractivity contribution in [1.82, 2.24) is 30.2 Å². The van der Waals surface area contributed by atoms with Gasteiger partial charge in [-0.2, -0.15) is 0 Å². The van der Waals surface area contributed by atoms with E-state index in [4.69, 9.17) is 0 Å². The molecular formula is C28H48N8. The molecule has 1 saturated heterocycles. The first-order valence-corrected chi connectivity index (χ1v) is 14.3. The van der Waals surface area contributed by atoms with E-state index in [0.717, 1.165) is 64.3 Å². The van der Waals surface area contributed by atoms with Crippen molar-refractivity contribution in [2.24, 2.45) is 0 Å². The monoisotopic (exact) mass is 496 g/mol. The molecule has 0 amide bonds. The zero-order valence-electron chi connectivity index (χ0n) is 22.5. The molecule has 0 aromatic carbocycles. The fourth-order valence-electron chi connectivity index (χ4n) is 4.82. The first kappa shape index (κ1) is 28.3. The molecule has 36 heavy (non-hydrogen) atoms. The molecule has 0 radical (unpaired) electrons. The summed E-state index contributed by atoms with van der Waals surface area (Å²) in [5, 5.41) is 3.58. The van der Waals surface area contributed by atoms with Crippen molar-refractivity contribution >= 4 is 11.9 Å². The second-order valence-electron chi connectivity index (χ2n) is 9.79. The fraction of sp³-hybridized carbons (Fsp3) is 0.714. The fourth-order valence-corrected chi connectivity index (χ4v) is 4.82. The number of nitrogens with one attached hydrogen (secondary N) is 1. The topological polar surface area (TPSA) is 73.3 Å². The molecule has 0 atom stereocenters. The van der Waals surface area contributed by atoms with Crippen molar-refractivity contribution < 1.29 is 0 Å². The lowest BCUT2D eigenvalue weighted by Gasteiger charge is -2.34. The molecule has 8 nitrogen and oxygen atoms in total. The normalized spacial score (nSPS) is 14.3. The number of hydrogen-bond acceptors (Lipinski definition) is 8. The number of anilines is 2. The van der Waals surface area contributed by atoms with Crippen LogP contribution in [0, 0.1) is 0 Å². The summed E-state index contributed by atoms with van der Waals surface area (Å²) in [6.45, 7) is 11.8. The van der Waals surface area contributed by atoms with E-state index in [1.807, 2.05) is 36.9 Å². The minimum Gasteiger partial charge on any atom is -0.340 e. The highest BCUT2D eigenvalue weighted by molar-refractivity contribution is 5.29. The number of hydrogen-bond donors (Lipinski definition) is 1. The Bertz CT molecular complexity index is 768. The van der Waals surface area contributed by atoms with Gasteiger partial charge in [-0.3, -0.25) is 4.90 Å². The summed E-state index contributed by atoms with van der Waals surface area (Å²) in [6, 6.07) is 3.75. The first-order valence-electron chi connectivity index (χ1n) is 14.3. The largest absolute Gasteiger partial charge is 0.340 e. The van der Waals surface area contributed by atoms with Crippen LogP contribution in [0.25, 0.3) is 0 Å². The SMILES string of the molecule is CCN(CCNCCCCCCCCCCCCN1CCN(c2ncccn2)CC1)c1ncccn1. The summed E-state index contributed by atoms with van der Waals surface area (Å²) in [5.74, 6) is 1.71. The lowest BCUT2D eigenvalue weighted by atomic mass is 10.1. The minimum absolute atomic E-state index is 0.829. The third-order valence-electron chi connectivity index (χ3n) is 7.06. The number of likely N-dealkylation sites (N-methyl/N-ethyl adjacent to an activating group) is 1. The lowest BCUT2D eigenvalue weighted by molar-refractivity contribution is 0.250. The molecule has 1 aliphatic rings. The van der Waals surface area contributed by atoms with Crippen molar-refractivity contribution in [2.75, 3.05) is 68.7 Å².